The number of hydrogen-bond donors (Lipinski definition) is 0. The van der Waals surface area contributed by atoms with Gasteiger partial charge in [-0.1, -0.05) is 205 Å². The van der Waals surface area contributed by atoms with Crippen LogP contribution >= 0.6 is 0 Å². The van der Waals surface area contributed by atoms with Gasteiger partial charge in [-0.3, -0.25) is 0 Å². The molecular weight excluding hydrogens is 918 g/mol. The zero-order chi connectivity index (χ0) is 51.5. The number of fused-ring (bicyclic) bond motifs is 12. The summed E-state index contributed by atoms with van der Waals surface area (Å²) >= 11 is 0. The summed E-state index contributed by atoms with van der Waals surface area (Å²) in [4.78, 5) is 8.42. The average Bonchev–Trinajstić information content (AvgIpc) is 3.80. The summed E-state index contributed by atoms with van der Waals surface area (Å²) < 4.78 is 0. The zero-order valence-corrected chi connectivity index (χ0v) is 45.2. The van der Waals surface area contributed by atoms with Crippen molar-refractivity contribution in [3.05, 3.63) is 228 Å². The molecule has 2 aliphatic carbocycles. The molecule has 9 aromatic carbocycles. The fourth-order valence-electron chi connectivity index (χ4n) is 15.9. The smallest absolute Gasteiger partial charge is 0.252 e. The van der Waals surface area contributed by atoms with E-state index in [4.69, 9.17) is 0 Å². The van der Waals surface area contributed by atoms with Gasteiger partial charge < -0.3 is 14.7 Å². The Kier molecular flexibility index (Phi) is 9.64. The summed E-state index contributed by atoms with van der Waals surface area (Å²) in [6.07, 6.45) is 6.88. The van der Waals surface area contributed by atoms with Crippen molar-refractivity contribution in [1.82, 2.24) is 0 Å². The first-order valence-corrected chi connectivity index (χ1v) is 28.2. The molecule has 372 valence electrons. The highest BCUT2D eigenvalue weighted by Crippen LogP contribution is 2.67. The van der Waals surface area contributed by atoms with E-state index >= 15 is 0 Å². The molecule has 0 aromatic heterocycles. The Morgan fingerprint density at radius 1 is 0.421 bits per heavy atom. The van der Waals surface area contributed by atoms with Crippen LogP contribution in [0.25, 0.3) is 33.4 Å². The van der Waals surface area contributed by atoms with Gasteiger partial charge in [0.15, 0.2) is 0 Å². The standard InChI is InChI=1S/C72H66BN3/c1-68(2,3)54-43-59-67-61(44-54)73-60-42-53(49-25-15-10-16-26-49)32-36-63(60)74(55-33-29-50(30-34-55)47-21-11-8-12-22-47)64-45-56(46-65(66(64)73)76(67)72(7)57-28-18-17-27-51(57)37-40-70(59,72)5)75-62-35-31-52(48-23-13-9-14-24-48)41-58(62)69(4)38-19-20-39-71(69,75)6/h8-18,21-36,41-46H,19-20,37-40H2,1-7H3. The predicted octanol–water partition coefficient (Wildman–Crippen LogP) is 16.6. The molecule has 0 N–H and O–H groups in total. The Morgan fingerprint density at radius 2 is 1.00 bits per heavy atom. The average molecular weight is 984 g/mol. The lowest BCUT2D eigenvalue weighted by Gasteiger charge is -2.54. The lowest BCUT2D eigenvalue weighted by atomic mass is 9.33. The SMILES string of the molecule is CC(C)(C)c1cc2c3c(c1)C1(C)CCc4ccccc4C1(C)N3c1cc(N3c4ccc(-c5ccccc5)cc4C4(C)CCCCC34C)cc3c1B2c1cc(-c2ccccc2)ccc1N3c1ccc(-c2ccccc2)cc1. The molecule has 1 fully saturated rings. The van der Waals surface area contributed by atoms with E-state index in [2.05, 4.69) is 263 Å². The van der Waals surface area contributed by atoms with Crippen LogP contribution in [0, 0.1) is 0 Å². The number of hydrogen-bond acceptors (Lipinski definition) is 3. The fourth-order valence-corrected chi connectivity index (χ4v) is 15.9. The molecule has 0 spiro atoms. The normalized spacial score (nSPS) is 23.2. The molecule has 3 nitrogen and oxygen atoms in total. The van der Waals surface area contributed by atoms with Gasteiger partial charge in [-0.25, -0.2) is 0 Å². The van der Waals surface area contributed by atoms with E-state index in [-0.39, 0.29) is 34.0 Å². The van der Waals surface area contributed by atoms with Gasteiger partial charge in [0, 0.05) is 50.6 Å². The monoisotopic (exact) mass is 984 g/mol. The first-order chi connectivity index (χ1) is 36.8. The maximum absolute atomic E-state index is 2.92. The summed E-state index contributed by atoms with van der Waals surface area (Å²) in [6, 6.07) is 77.3. The van der Waals surface area contributed by atoms with Crippen molar-refractivity contribution in [3.8, 4) is 33.4 Å². The Hall–Kier alpha value is -7.56. The molecule has 76 heavy (non-hydrogen) atoms. The molecule has 4 atom stereocenters. The molecule has 4 heteroatoms. The van der Waals surface area contributed by atoms with Gasteiger partial charge in [0.1, 0.15) is 0 Å². The summed E-state index contributed by atoms with van der Waals surface area (Å²) in [5.74, 6) is 0. The molecule has 6 aliphatic rings. The van der Waals surface area contributed by atoms with Gasteiger partial charge in [0.05, 0.1) is 11.1 Å². The second kappa shape index (κ2) is 16.0. The van der Waals surface area contributed by atoms with E-state index in [1.807, 2.05) is 0 Å². The van der Waals surface area contributed by atoms with Gasteiger partial charge in [-0.15, -0.1) is 0 Å². The highest BCUT2D eigenvalue weighted by molar-refractivity contribution is 7.00. The number of aryl methyl sites for hydroxylation is 1. The molecule has 1 saturated carbocycles. The number of benzene rings is 9. The van der Waals surface area contributed by atoms with Crippen LogP contribution in [-0.2, 0) is 28.2 Å². The lowest BCUT2D eigenvalue weighted by molar-refractivity contribution is 0.195. The third-order valence-electron chi connectivity index (χ3n) is 20.4. The lowest BCUT2D eigenvalue weighted by Crippen LogP contribution is -2.64. The van der Waals surface area contributed by atoms with Crippen molar-refractivity contribution < 1.29 is 0 Å². The second-order valence-corrected chi connectivity index (χ2v) is 25.1. The van der Waals surface area contributed by atoms with E-state index in [1.54, 1.807) is 0 Å². The van der Waals surface area contributed by atoms with E-state index in [9.17, 15) is 0 Å². The predicted molar refractivity (Wildman–Crippen MR) is 322 cm³/mol. The van der Waals surface area contributed by atoms with Gasteiger partial charge in [-0.2, -0.15) is 0 Å². The fraction of sp³-hybridized carbons (Fsp3) is 0.250. The Bertz CT molecular complexity index is 3840. The minimum absolute atomic E-state index is 0.0118. The van der Waals surface area contributed by atoms with Gasteiger partial charge >= 0.3 is 0 Å². The van der Waals surface area contributed by atoms with Crippen LogP contribution in [0.3, 0.4) is 0 Å². The highest BCUT2D eigenvalue weighted by Gasteiger charge is 2.64. The highest BCUT2D eigenvalue weighted by atomic mass is 15.3. The van der Waals surface area contributed by atoms with Crippen molar-refractivity contribution in [3.63, 3.8) is 0 Å². The van der Waals surface area contributed by atoms with E-state index < -0.39 is 0 Å². The van der Waals surface area contributed by atoms with Crippen LogP contribution in [0.5, 0.6) is 0 Å². The molecule has 4 unspecified atom stereocenters. The van der Waals surface area contributed by atoms with Crippen LogP contribution in [0.15, 0.2) is 200 Å². The minimum atomic E-state index is -0.377. The molecule has 9 aromatic rings. The summed E-state index contributed by atoms with van der Waals surface area (Å²) in [5, 5.41) is 0. The Labute approximate surface area is 451 Å². The molecule has 4 heterocycles. The summed E-state index contributed by atoms with van der Waals surface area (Å²) in [7, 11) is 0. The molecule has 0 saturated heterocycles. The molecule has 0 bridgehead atoms. The molecule has 0 radical (unpaired) electrons. The van der Waals surface area contributed by atoms with Crippen LogP contribution in [0.1, 0.15) is 108 Å². The van der Waals surface area contributed by atoms with Crippen LogP contribution in [0.2, 0.25) is 0 Å². The van der Waals surface area contributed by atoms with Gasteiger partial charge in [-0.05, 0) is 165 Å². The molecule has 4 aliphatic heterocycles. The van der Waals surface area contributed by atoms with E-state index in [1.165, 1.54) is 130 Å². The van der Waals surface area contributed by atoms with Crippen molar-refractivity contribution in [2.45, 2.75) is 114 Å². The third-order valence-corrected chi connectivity index (χ3v) is 20.4. The number of anilines is 7. The summed E-state index contributed by atoms with van der Waals surface area (Å²) in [6.45, 7) is 17.7. The number of rotatable bonds is 5. The summed E-state index contributed by atoms with van der Waals surface area (Å²) in [5.41, 5.74) is 27.3. The Balaban J connectivity index is 1.06. The van der Waals surface area contributed by atoms with Gasteiger partial charge in [0.25, 0.3) is 6.71 Å². The van der Waals surface area contributed by atoms with Crippen LogP contribution in [0.4, 0.5) is 39.8 Å². The minimum Gasteiger partial charge on any atom is -0.334 e. The topological polar surface area (TPSA) is 9.72 Å². The van der Waals surface area contributed by atoms with Crippen LogP contribution in [-0.4, -0.2) is 12.3 Å². The molecule has 15 rings (SSSR count). The first kappa shape index (κ1) is 45.8. The number of nitrogens with zero attached hydrogens (tertiary/aromatic N) is 3. The van der Waals surface area contributed by atoms with Crippen molar-refractivity contribution in [2.24, 2.45) is 0 Å². The molecular formula is C72H66BN3. The van der Waals surface area contributed by atoms with Gasteiger partial charge in [0.2, 0.25) is 0 Å². The maximum atomic E-state index is 2.92. The quantitative estimate of drug-likeness (QED) is 0.159. The van der Waals surface area contributed by atoms with Crippen molar-refractivity contribution >= 4 is 62.9 Å². The molecule has 0 amide bonds. The van der Waals surface area contributed by atoms with E-state index in [0.717, 1.165) is 25.7 Å². The zero-order valence-electron chi connectivity index (χ0n) is 45.2. The maximum Gasteiger partial charge on any atom is 0.252 e. The van der Waals surface area contributed by atoms with Crippen LogP contribution < -0.4 is 31.1 Å². The second-order valence-electron chi connectivity index (χ2n) is 25.1. The largest absolute Gasteiger partial charge is 0.334 e. The van der Waals surface area contributed by atoms with Crippen molar-refractivity contribution in [2.75, 3.05) is 14.7 Å². The Morgan fingerprint density at radius 3 is 1.68 bits per heavy atom. The van der Waals surface area contributed by atoms with E-state index in [0.29, 0.717) is 0 Å². The third kappa shape index (κ3) is 6.07. The first-order valence-electron chi connectivity index (χ1n) is 28.2. The van der Waals surface area contributed by atoms with Crippen molar-refractivity contribution in [1.29, 1.82) is 0 Å².